The van der Waals surface area contributed by atoms with Crippen molar-refractivity contribution in [1.82, 2.24) is 20.1 Å². The summed E-state index contributed by atoms with van der Waals surface area (Å²) in [6.07, 6.45) is 0.693. The summed E-state index contributed by atoms with van der Waals surface area (Å²) >= 11 is 1.47. The second-order valence-electron chi connectivity index (χ2n) is 7.72. The Morgan fingerprint density at radius 3 is 2.53 bits per heavy atom. The highest BCUT2D eigenvalue weighted by Crippen LogP contribution is 2.32. The first-order chi connectivity index (χ1) is 15.7. The number of rotatable bonds is 8. The first kappa shape index (κ1) is 22.4. The standard InChI is InChI=1S/C24H29N5O2S/c1-3-21(22(30)25-17-19-10-5-4-6-11-19)32-24-27-26-23(28-13-15-31-16-14-28)29(24)20-12-8-7-9-18(20)2/h4-12,21H,3,13-17H2,1-2H3,(H,25,30). The number of amides is 1. The third-order valence-electron chi connectivity index (χ3n) is 5.49. The Morgan fingerprint density at radius 2 is 1.81 bits per heavy atom. The molecule has 1 fully saturated rings. The fourth-order valence-corrected chi connectivity index (χ4v) is 4.67. The number of carbonyl (C=O) groups is 1. The van der Waals surface area contributed by atoms with Crippen LogP contribution in [0.5, 0.6) is 0 Å². The minimum absolute atomic E-state index is 0.00797. The van der Waals surface area contributed by atoms with Crippen molar-refractivity contribution in [3.05, 3.63) is 65.7 Å². The number of nitrogens with zero attached hydrogens (tertiary/aromatic N) is 4. The molecule has 0 aliphatic carbocycles. The zero-order valence-electron chi connectivity index (χ0n) is 18.5. The summed E-state index contributed by atoms with van der Waals surface area (Å²) in [7, 11) is 0. The molecule has 0 bridgehead atoms. The quantitative estimate of drug-likeness (QED) is 0.528. The summed E-state index contributed by atoms with van der Waals surface area (Å²) in [5.74, 6) is 0.804. The predicted molar refractivity (Wildman–Crippen MR) is 127 cm³/mol. The van der Waals surface area contributed by atoms with Gasteiger partial charge in [0.05, 0.1) is 24.2 Å². The van der Waals surface area contributed by atoms with Gasteiger partial charge in [0.25, 0.3) is 0 Å². The highest BCUT2D eigenvalue weighted by Gasteiger charge is 2.26. The lowest BCUT2D eigenvalue weighted by Gasteiger charge is -2.28. The van der Waals surface area contributed by atoms with Gasteiger partial charge in [0, 0.05) is 19.6 Å². The summed E-state index contributed by atoms with van der Waals surface area (Å²) in [4.78, 5) is 15.2. The molecule has 168 valence electrons. The number of ether oxygens (including phenoxy) is 1. The van der Waals surface area contributed by atoms with Crippen LogP contribution in [0.15, 0.2) is 59.8 Å². The van der Waals surface area contributed by atoms with Crippen LogP contribution in [0.2, 0.25) is 0 Å². The van der Waals surface area contributed by atoms with Gasteiger partial charge in [-0.2, -0.15) is 0 Å². The molecule has 2 aromatic carbocycles. The molecule has 4 rings (SSSR count). The molecule has 8 heteroatoms. The Morgan fingerprint density at radius 1 is 1.09 bits per heavy atom. The monoisotopic (exact) mass is 451 g/mol. The van der Waals surface area contributed by atoms with E-state index in [1.807, 2.05) is 49.4 Å². The third-order valence-corrected chi connectivity index (χ3v) is 6.79. The van der Waals surface area contributed by atoms with E-state index in [9.17, 15) is 4.79 Å². The van der Waals surface area contributed by atoms with Crippen LogP contribution in [-0.2, 0) is 16.1 Å². The lowest BCUT2D eigenvalue weighted by Crippen LogP contribution is -2.38. The average molecular weight is 452 g/mol. The number of nitrogens with one attached hydrogen (secondary N) is 1. The summed E-state index contributed by atoms with van der Waals surface area (Å²) in [5, 5.41) is 12.6. The summed E-state index contributed by atoms with van der Waals surface area (Å²) < 4.78 is 7.60. The van der Waals surface area contributed by atoms with Gasteiger partial charge in [0.2, 0.25) is 11.9 Å². The molecule has 1 amide bonds. The predicted octanol–water partition coefficient (Wildman–Crippen LogP) is 3.60. The van der Waals surface area contributed by atoms with Crippen molar-refractivity contribution in [3.8, 4) is 5.69 Å². The number of benzene rings is 2. The summed E-state index contributed by atoms with van der Waals surface area (Å²) in [5.41, 5.74) is 3.24. The third kappa shape index (κ3) is 5.14. The zero-order chi connectivity index (χ0) is 22.3. The maximum atomic E-state index is 13.0. The Bertz CT molecular complexity index is 1030. The van der Waals surface area contributed by atoms with Gasteiger partial charge >= 0.3 is 0 Å². The molecular weight excluding hydrogens is 422 g/mol. The number of aromatic nitrogens is 3. The maximum Gasteiger partial charge on any atom is 0.233 e. The topological polar surface area (TPSA) is 72.3 Å². The Labute approximate surface area is 193 Å². The molecule has 1 atom stereocenters. The maximum absolute atomic E-state index is 13.0. The number of aryl methyl sites for hydroxylation is 1. The van der Waals surface area contributed by atoms with Crippen LogP contribution in [0.4, 0.5) is 5.95 Å². The second-order valence-corrected chi connectivity index (χ2v) is 8.89. The van der Waals surface area contributed by atoms with Gasteiger partial charge in [-0.05, 0) is 30.5 Å². The SMILES string of the molecule is CCC(Sc1nnc(N2CCOCC2)n1-c1ccccc1C)C(=O)NCc1ccccc1. The van der Waals surface area contributed by atoms with Gasteiger partial charge in [-0.1, -0.05) is 67.2 Å². The number of anilines is 1. The fourth-order valence-electron chi connectivity index (χ4n) is 3.68. The van der Waals surface area contributed by atoms with Gasteiger partial charge in [-0.3, -0.25) is 9.36 Å². The van der Waals surface area contributed by atoms with Crippen molar-refractivity contribution < 1.29 is 9.53 Å². The van der Waals surface area contributed by atoms with E-state index in [4.69, 9.17) is 4.74 Å². The number of para-hydroxylation sites is 1. The van der Waals surface area contributed by atoms with E-state index in [0.29, 0.717) is 26.2 Å². The smallest absolute Gasteiger partial charge is 0.233 e. The van der Waals surface area contributed by atoms with Gasteiger partial charge in [-0.15, -0.1) is 10.2 Å². The lowest BCUT2D eigenvalue weighted by atomic mass is 10.2. The Balaban J connectivity index is 1.58. The van der Waals surface area contributed by atoms with Crippen LogP contribution >= 0.6 is 11.8 Å². The van der Waals surface area contributed by atoms with E-state index >= 15 is 0 Å². The van der Waals surface area contributed by atoms with Crippen LogP contribution in [-0.4, -0.2) is 52.2 Å². The van der Waals surface area contributed by atoms with Crippen LogP contribution < -0.4 is 10.2 Å². The molecule has 1 aliphatic rings. The molecule has 7 nitrogen and oxygen atoms in total. The molecular formula is C24H29N5O2S. The van der Waals surface area contributed by atoms with E-state index in [1.54, 1.807) is 0 Å². The number of carbonyl (C=O) groups excluding carboxylic acids is 1. The molecule has 1 aromatic heterocycles. The molecule has 3 aromatic rings. The molecule has 1 aliphatic heterocycles. The van der Waals surface area contributed by atoms with Gasteiger partial charge in [0.15, 0.2) is 5.16 Å². The Hall–Kier alpha value is -2.84. The molecule has 1 saturated heterocycles. The van der Waals surface area contributed by atoms with Crippen molar-refractivity contribution in [1.29, 1.82) is 0 Å². The van der Waals surface area contributed by atoms with Crippen molar-refractivity contribution in [3.63, 3.8) is 0 Å². The van der Waals surface area contributed by atoms with E-state index < -0.39 is 0 Å². The van der Waals surface area contributed by atoms with Gasteiger partial charge < -0.3 is 15.0 Å². The number of hydrogen-bond acceptors (Lipinski definition) is 6. The van der Waals surface area contributed by atoms with E-state index in [1.165, 1.54) is 11.8 Å². The molecule has 1 unspecified atom stereocenters. The highest BCUT2D eigenvalue weighted by molar-refractivity contribution is 8.00. The largest absolute Gasteiger partial charge is 0.378 e. The normalized spacial score (nSPS) is 14.9. The molecule has 2 heterocycles. The minimum atomic E-state index is -0.261. The molecule has 0 radical (unpaired) electrons. The minimum Gasteiger partial charge on any atom is -0.378 e. The summed E-state index contributed by atoms with van der Waals surface area (Å²) in [6, 6.07) is 18.1. The summed E-state index contributed by atoms with van der Waals surface area (Å²) in [6.45, 7) is 7.49. The van der Waals surface area contributed by atoms with Crippen LogP contribution in [0.3, 0.4) is 0 Å². The number of thioether (sulfide) groups is 1. The van der Waals surface area contributed by atoms with Crippen molar-refractivity contribution >= 4 is 23.6 Å². The van der Waals surface area contributed by atoms with Crippen LogP contribution in [0.25, 0.3) is 5.69 Å². The average Bonchev–Trinajstić information content (AvgIpc) is 3.26. The molecule has 0 saturated carbocycles. The molecule has 32 heavy (non-hydrogen) atoms. The van der Waals surface area contributed by atoms with Crippen molar-refractivity contribution in [2.45, 2.75) is 37.2 Å². The van der Waals surface area contributed by atoms with E-state index in [2.05, 4.69) is 44.0 Å². The van der Waals surface area contributed by atoms with Crippen molar-refractivity contribution in [2.24, 2.45) is 0 Å². The zero-order valence-corrected chi connectivity index (χ0v) is 19.3. The molecule has 1 N–H and O–H groups in total. The first-order valence-corrected chi connectivity index (χ1v) is 11.9. The number of hydrogen-bond donors (Lipinski definition) is 1. The highest BCUT2D eigenvalue weighted by atomic mass is 32.2. The fraction of sp³-hybridized carbons (Fsp3) is 0.375. The first-order valence-electron chi connectivity index (χ1n) is 11.0. The van der Waals surface area contributed by atoms with Crippen LogP contribution in [0, 0.1) is 6.92 Å². The van der Waals surface area contributed by atoms with Gasteiger partial charge in [0.1, 0.15) is 0 Å². The number of morpholine rings is 1. The van der Waals surface area contributed by atoms with Gasteiger partial charge in [-0.25, -0.2) is 0 Å². The lowest BCUT2D eigenvalue weighted by molar-refractivity contribution is -0.120. The second kappa shape index (κ2) is 10.7. The molecule has 0 spiro atoms. The van der Waals surface area contributed by atoms with Crippen LogP contribution in [0.1, 0.15) is 24.5 Å². The Kier molecular flexibility index (Phi) is 7.44. The van der Waals surface area contributed by atoms with E-state index in [-0.39, 0.29) is 11.2 Å². The van der Waals surface area contributed by atoms with E-state index in [0.717, 1.165) is 41.0 Å². The van der Waals surface area contributed by atoms with Crippen molar-refractivity contribution in [2.75, 3.05) is 31.2 Å².